The van der Waals surface area contributed by atoms with Crippen molar-refractivity contribution in [3.05, 3.63) is 23.8 Å². The van der Waals surface area contributed by atoms with Crippen LogP contribution in [-0.2, 0) is 14.3 Å². The highest BCUT2D eigenvalue weighted by Crippen LogP contribution is 2.27. The van der Waals surface area contributed by atoms with Crippen molar-refractivity contribution in [2.45, 2.75) is 26.7 Å². The molecule has 0 atom stereocenters. The number of benzene rings is 1. The second-order valence-corrected chi connectivity index (χ2v) is 5.91. The van der Waals surface area contributed by atoms with E-state index in [0.717, 1.165) is 0 Å². The molecule has 2 amide bonds. The Kier molecular flexibility index (Phi) is 6.38. The van der Waals surface area contributed by atoms with Crippen LogP contribution in [0, 0.1) is 5.92 Å². The molecule has 0 spiro atoms. The summed E-state index contributed by atoms with van der Waals surface area (Å²) >= 11 is 0. The van der Waals surface area contributed by atoms with Gasteiger partial charge in [-0.15, -0.1) is 0 Å². The molecule has 0 unspecified atom stereocenters. The third kappa shape index (κ3) is 4.71. The Morgan fingerprint density at radius 2 is 1.92 bits per heavy atom. The molecule has 1 fully saturated rings. The van der Waals surface area contributed by atoms with E-state index in [1.54, 1.807) is 30.0 Å². The van der Waals surface area contributed by atoms with Crippen molar-refractivity contribution < 1.29 is 23.9 Å². The third-order valence-corrected chi connectivity index (χ3v) is 4.15. The Morgan fingerprint density at radius 3 is 2.48 bits per heavy atom. The maximum atomic E-state index is 12.8. The van der Waals surface area contributed by atoms with Gasteiger partial charge in [0.25, 0.3) is 5.91 Å². The minimum absolute atomic E-state index is 0.156. The molecule has 0 aliphatic carbocycles. The Hall–Kier alpha value is -2.57. The number of rotatable bonds is 5. The molecule has 1 N–H and O–H groups in total. The molecule has 1 heterocycles. The highest BCUT2D eigenvalue weighted by atomic mass is 16.5. The predicted octanol–water partition coefficient (Wildman–Crippen LogP) is 2.07. The monoisotopic (exact) mass is 348 g/mol. The number of nitrogens with one attached hydrogen (secondary N) is 1. The maximum Gasteiger partial charge on any atom is 0.309 e. The van der Waals surface area contributed by atoms with Gasteiger partial charge in [0.1, 0.15) is 5.75 Å². The summed E-state index contributed by atoms with van der Waals surface area (Å²) in [6.45, 7) is 4.52. The number of piperidine rings is 1. The molecule has 1 aliphatic heterocycles. The zero-order chi connectivity index (χ0) is 18.4. The molecule has 7 heteroatoms. The molecule has 1 aromatic carbocycles. The van der Waals surface area contributed by atoms with Crippen LogP contribution in [0.25, 0.3) is 0 Å². The SMILES string of the molecule is CCOC(=O)C1CCN(C(=O)c2cc(NC(C)=O)ccc2OC)CC1. The summed E-state index contributed by atoms with van der Waals surface area (Å²) in [6, 6.07) is 4.95. The molecular formula is C18H24N2O5. The van der Waals surface area contributed by atoms with Gasteiger partial charge in [0.15, 0.2) is 0 Å². The van der Waals surface area contributed by atoms with Gasteiger partial charge in [0.2, 0.25) is 5.91 Å². The van der Waals surface area contributed by atoms with E-state index in [0.29, 0.717) is 49.5 Å². The van der Waals surface area contributed by atoms with Crippen molar-refractivity contribution in [3.63, 3.8) is 0 Å². The summed E-state index contributed by atoms with van der Waals surface area (Å²) in [7, 11) is 1.50. The largest absolute Gasteiger partial charge is 0.496 e. The number of nitrogens with zero attached hydrogens (tertiary/aromatic N) is 1. The second-order valence-electron chi connectivity index (χ2n) is 5.91. The van der Waals surface area contributed by atoms with E-state index in [1.165, 1.54) is 14.0 Å². The number of ether oxygens (including phenoxy) is 2. The van der Waals surface area contributed by atoms with Crippen molar-refractivity contribution in [2.75, 3.05) is 32.1 Å². The van der Waals surface area contributed by atoms with E-state index >= 15 is 0 Å². The van der Waals surface area contributed by atoms with Crippen LogP contribution in [0.1, 0.15) is 37.0 Å². The van der Waals surface area contributed by atoms with Crippen LogP contribution in [0.2, 0.25) is 0 Å². The van der Waals surface area contributed by atoms with E-state index in [2.05, 4.69) is 5.32 Å². The number of carbonyl (C=O) groups excluding carboxylic acids is 3. The van der Waals surface area contributed by atoms with E-state index in [4.69, 9.17) is 9.47 Å². The molecule has 2 rings (SSSR count). The molecule has 0 aromatic heterocycles. The average Bonchev–Trinajstić information content (AvgIpc) is 2.61. The van der Waals surface area contributed by atoms with Gasteiger partial charge in [-0.05, 0) is 38.0 Å². The van der Waals surface area contributed by atoms with Crippen molar-refractivity contribution >= 4 is 23.5 Å². The van der Waals surface area contributed by atoms with Gasteiger partial charge >= 0.3 is 5.97 Å². The number of carbonyl (C=O) groups is 3. The lowest BCUT2D eigenvalue weighted by atomic mass is 9.96. The van der Waals surface area contributed by atoms with Crippen molar-refractivity contribution in [1.29, 1.82) is 0 Å². The van der Waals surface area contributed by atoms with Gasteiger partial charge in [0.05, 0.1) is 25.2 Å². The van der Waals surface area contributed by atoms with E-state index in [-0.39, 0.29) is 23.7 Å². The van der Waals surface area contributed by atoms with Crippen LogP contribution < -0.4 is 10.1 Å². The lowest BCUT2D eigenvalue weighted by Crippen LogP contribution is -2.40. The van der Waals surface area contributed by atoms with Gasteiger partial charge in [0, 0.05) is 25.7 Å². The molecular weight excluding hydrogens is 324 g/mol. The molecule has 7 nitrogen and oxygen atoms in total. The van der Waals surface area contributed by atoms with Gasteiger partial charge in [-0.1, -0.05) is 0 Å². The first-order valence-corrected chi connectivity index (χ1v) is 8.37. The topological polar surface area (TPSA) is 84.9 Å². The van der Waals surface area contributed by atoms with E-state index in [9.17, 15) is 14.4 Å². The minimum atomic E-state index is -0.209. The molecule has 0 radical (unpaired) electrons. The normalized spacial score (nSPS) is 14.8. The fourth-order valence-electron chi connectivity index (χ4n) is 2.90. The van der Waals surface area contributed by atoms with Crippen molar-refractivity contribution in [3.8, 4) is 5.75 Å². The fraction of sp³-hybridized carbons (Fsp3) is 0.500. The van der Waals surface area contributed by atoms with Crippen molar-refractivity contribution in [2.24, 2.45) is 5.92 Å². The average molecular weight is 348 g/mol. The number of methoxy groups -OCH3 is 1. The summed E-state index contributed by atoms with van der Waals surface area (Å²) in [5, 5.41) is 2.66. The Balaban J connectivity index is 2.10. The summed E-state index contributed by atoms with van der Waals surface area (Å²) in [6.07, 6.45) is 1.16. The number of hydrogen-bond donors (Lipinski definition) is 1. The molecule has 1 saturated heterocycles. The summed E-state index contributed by atoms with van der Waals surface area (Å²) in [4.78, 5) is 37.6. The Bertz CT molecular complexity index is 651. The first kappa shape index (κ1) is 18.8. The second kappa shape index (κ2) is 8.50. The maximum absolute atomic E-state index is 12.8. The number of esters is 1. The van der Waals surface area contributed by atoms with Gasteiger partial charge in [-0.2, -0.15) is 0 Å². The summed E-state index contributed by atoms with van der Waals surface area (Å²) in [5.74, 6) is -0.284. The number of anilines is 1. The van der Waals surface area contributed by atoms with Gasteiger partial charge in [-0.3, -0.25) is 14.4 Å². The van der Waals surface area contributed by atoms with E-state index in [1.807, 2.05) is 0 Å². The standard InChI is InChI=1S/C18H24N2O5/c1-4-25-18(23)13-7-9-20(10-8-13)17(22)15-11-14(19-12(2)21)5-6-16(15)24-3/h5-6,11,13H,4,7-10H2,1-3H3,(H,19,21). The van der Waals surface area contributed by atoms with Crippen LogP contribution in [-0.4, -0.2) is 49.5 Å². The lowest BCUT2D eigenvalue weighted by Gasteiger charge is -2.31. The first-order chi connectivity index (χ1) is 12.0. The van der Waals surface area contributed by atoms with Gasteiger partial charge < -0.3 is 19.7 Å². The van der Waals surface area contributed by atoms with Crippen LogP contribution in [0.15, 0.2) is 18.2 Å². The first-order valence-electron chi connectivity index (χ1n) is 8.37. The van der Waals surface area contributed by atoms with Crippen LogP contribution in [0.3, 0.4) is 0 Å². The van der Waals surface area contributed by atoms with Crippen LogP contribution in [0.5, 0.6) is 5.75 Å². The van der Waals surface area contributed by atoms with E-state index < -0.39 is 0 Å². The third-order valence-electron chi connectivity index (χ3n) is 4.15. The number of hydrogen-bond acceptors (Lipinski definition) is 5. The molecule has 1 aliphatic rings. The quantitative estimate of drug-likeness (QED) is 0.824. The molecule has 136 valence electrons. The molecule has 25 heavy (non-hydrogen) atoms. The molecule has 0 saturated carbocycles. The fourth-order valence-corrected chi connectivity index (χ4v) is 2.90. The highest BCUT2D eigenvalue weighted by Gasteiger charge is 2.29. The van der Waals surface area contributed by atoms with Crippen molar-refractivity contribution in [1.82, 2.24) is 4.90 Å². The lowest BCUT2D eigenvalue weighted by molar-refractivity contribution is -0.149. The summed E-state index contributed by atoms with van der Waals surface area (Å²) < 4.78 is 10.3. The molecule has 0 bridgehead atoms. The zero-order valence-corrected chi connectivity index (χ0v) is 14.8. The highest BCUT2D eigenvalue weighted by molar-refractivity contribution is 5.99. The number of amides is 2. The molecule has 1 aromatic rings. The summed E-state index contributed by atoms with van der Waals surface area (Å²) in [5.41, 5.74) is 0.932. The predicted molar refractivity (Wildman–Crippen MR) is 92.6 cm³/mol. The zero-order valence-electron chi connectivity index (χ0n) is 14.8. The smallest absolute Gasteiger partial charge is 0.309 e. The Labute approximate surface area is 147 Å². The minimum Gasteiger partial charge on any atom is -0.496 e. The van der Waals surface area contributed by atoms with Crippen LogP contribution >= 0.6 is 0 Å². The van der Waals surface area contributed by atoms with Crippen LogP contribution in [0.4, 0.5) is 5.69 Å². The Morgan fingerprint density at radius 1 is 1.24 bits per heavy atom. The number of likely N-dealkylation sites (tertiary alicyclic amines) is 1. The van der Waals surface area contributed by atoms with Gasteiger partial charge in [-0.25, -0.2) is 0 Å².